The largest absolute Gasteiger partial charge is 0.465 e. The van der Waals surface area contributed by atoms with Crippen molar-refractivity contribution in [2.45, 2.75) is 30.7 Å². The molecule has 0 saturated carbocycles. The highest BCUT2D eigenvalue weighted by atomic mass is 32.2. The average Bonchev–Trinajstić information content (AvgIpc) is 2.99. The third-order valence-electron chi connectivity index (χ3n) is 3.01. The van der Waals surface area contributed by atoms with Crippen molar-refractivity contribution in [3.63, 3.8) is 0 Å². The fourth-order valence-corrected chi connectivity index (χ4v) is 3.02. The topological polar surface area (TPSA) is 65.2 Å². The van der Waals surface area contributed by atoms with Crippen LogP contribution in [0.2, 0.25) is 0 Å². The van der Waals surface area contributed by atoms with E-state index in [2.05, 4.69) is 16.3 Å². The molecule has 1 aromatic carbocycles. The molecule has 6 heteroatoms. The molecule has 0 spiro atoms. The highest BCUT2D eigenvalue weighted by molar-refractivity contribution is 8.00. The summed E-state index contributed by atoms with van der Waals surface area (Å²) in [6.07, 6.45) is 0.685. The highest BCUT2D eigenvalue weighted by Gasteiger charge is 2.29. The summed E-state index contributed by atoms with van der Waals surface area (Å²) in [5.41, 5.74) is 3.19. The Labute approximate surface area is 120 Å². The maximum absolute atomic E-state index is 11.4. The van der Waals surface area contributed by atoms with Gasteiger partial charge in [0.25, 0.3) is 5.22 Å². The van der Waals surface area contributed by atoms with Crippen LogP contribution in [0.15, 0.2) is 27.8 Å². The second-order valence-electron chi connectivity index (χ2n) is 4.81. The van der Waals surface area contributed by atoms with E-state index in [0.717, 1.165) is 16.7 Å². The van der Waals surface area contributed by atoms with Crippen LogP contribution in [0, 0.1) is 13.8 Å². The first kappa shape index (κ1) is 13.2. The number of thioether (sulfide) groups is 1. The van der Waals surface area contributed by atoms with Gasteiger partial charge in [0.15, 0.2) is 0 Å². The number of aromatic nitrogens is 2. The normalized spacial score (nSPS) is 18.3. The molecule has 0 unspecified atom stereocenters. The molecule has 3 rings (SSSR count). The van der Waals surface area contributed by atoms with Crippen molar-refractivity contribution < 1.29 is 13.9 Å². The molecule has 1 fully saturated rings. The average molecular weight is 290 g/mol. The first-order valence-corrected chi connectivity index (χ1v) is 7.25. The second kappa shape index (κ2) is 5.28. The van der Waals surface area contributed by atoms with Crippen molar-refractivity contribution in [1.82, 2.24) is 10.2 Å². The van der Waals surface area contributed by atoms with Crippen LogP contribution in [-0.4, -0.2) is 28.0 Å². The lowest BCUT2D eigenvalue weighted by Crippen LogP contribution is -2.09. The van der Waals surface area contributed by atoms with Crippen molar-refractivity contribution in [1.29, 1.82) is 0 Å². The van der Waals surface area contributed by atoms with E-state index in [1.165, 1.54) is 11.8 Å². The van der Waals surface area contributed by atoms with Gasteiger partial charge in [-0.1, -0.05) is 17.2 Å². The van der Waals surface area contributed by atoms with E-state index in [0.29, 0.717) is 24.1 Å². The number of benzene rings is 1. The summed E-state index contributed by atoms with van der Waals surface area (Å²) < 4.78 is 10.5. The zero-order chi connectivity index (χ0) is 14.1. The van der Waals surface area contributed by atoms with E-state index in [1.54, 1.807) is 0 Å². The van der Waals surface area contributed by atoms with E-state index in [-0.39, 0.29) is 11.2 Å². The van der Waals surface area contributed by atoms with Gasteiger partial charge < -0.3 is 9.15 Å². The Hall–Kier alpha value is -1.82. The fraction of sp³-hybridized carbons (Fsp3) is 0.357. The van der Waals surface area contributed by atoms with Crippen molar-refractivity contribution in [3.05, 3.63) is 29.3 Å². The van der Waals surface area contributed by atoms with Crippen LogP contribution in [-0.2, 0) is 9.53 Å². The monoisotopic (exact) mass is 290 g/mol. The molecule has 2 heterocycles. The molecular formula is C14H14N2O3S. The van der Waals surface area contributed by atoms with E-state index in [4.69, 9.17) is 9.15 Å². The Kier molecular flexibility index (Phi) is 3.48. The summed E-state index contributed by atoms with van der Waals surface area (Å²) >= 11 is 1.27. The van der Waals surface area contributed by atoms with E-state index < -0.39 is 0 Å². The van der Waals surface area contributed by atoms with Crippen LogP contribution in [0.1, 0.15) is 17.5 Å². The molecule has 1 saturated heterocycles. The number of esters is 1. The van der Waals surface area contributed by atoms with Gasteiger partial charge in [0.1, 0.15) is 5.25 Å². The summed E-state index contributed by atoms with van der Waals surface area (Å²) in [5, 5.41) is 8.21. The standard InChI is InChI=1S/C14H14N2O3S/c1-8-5-9(2)7-10(6-8)12-15-16-14(19-12)20-11-3-4-18-13(11)17/h5-7,11H,3-4H2,1-2H3/t11-/m1/s1. The summed E-state index contributed by atoms with van der Waals surface area (Å²) in [5.74, 6) is 0.270. The number of ether oxygens (including phenoxy) is 1. The first-order chi connectivity index (χ1) is 9.61. The third-order valence-corrected chi connectivity index (χ3v) is 4.08. The summed E-state index contributed by atoms with van der Waals surface area (Å²) in [6, 6.07) is 6.08. The van der Waals surface area contributed by atoms with Gasteiger partial charge in [-0.2, -0.15) is 0 Å². The van der Waals surface area contributed by atoms with E-state index >= 15 is 0 Å². The van der Waals surface area contributed by atoms with Gasteiger partial charge in [-0.3, -0.25) is 4.79 Å². The van der Waals surface area contributed by atoms with Crippen molar-refractivity contribution >= 4 is 17.7 Å². The first-order valence-electron chi connectivity index (χ1n) is 6.37. The summed E-state index contributed by atoms with van der Waals surface area (Å²) in [4.78, 5) is 11.4. The number of hydrogen-bond acceptors (Lipinski definition) is 6. The predicted octanol–water partition coefficient (Wildman–Crippen LogP) is 2.76. The van der Waals surface area contributed by atoms with Gasteiger partial charge in [-0.15, -0.1) is 10.2 Å². The zero-order valence-electron chi connectivity index (χ0n) is 11.3. The van der Waals surface area contributed by atoms with Gasteiger partial charge in [-0.25, -0.2) is 0 Å². The Morgan fingerprint density at radius 1 is 1.20 bits per heavy atom. The smallest absolute Gasteiger partial charge is 0.319 e. The van der Waals surface area contributed by atoms with E-state index in [9.17, 15) is 4.79 Å². The number of nitrogens with zero attached hydrogens (tertiary/aromatic N) is 2. The minimum absolute atomic E-state index is 0.207. The van der Waals surface area contributed by atoms with Crippen LogP contribution in [0.4, 0.5) is 0 Å². The molecule has 0 N–H and O–H groups in total. The lowest BCUT2D eigenvalue weighted by molar-refractivity contribution is -0.137. The Balaban J connectivity index is 1.81. The van der Waals surface area contributed by atoms with Crippen LogP contribution in [0.3, 0.4) is 0 Å². The van der Waals surface area contributed by atoms with Gasteiger partial charge in [0, 0.05) is 12.0 Å². The maximum atomic E-state index is 11.4. The number of aryl methyl sites for hydroxylation is 2. The lowest BCUT2D eigenvalue weighted by atomic mass is 10.1. The Morgan fingerprint density at radius 3 is 2.60 bits per heavy atom. The molecule has 0 bridgehead atoms. The number of hydrogen-bond donors (Lipinski definition) is 0. The maximum Gasteiger partial charge on any atom is 0.319 e. The lowest BCUT2D eigenvalue weighted by Gasteiger charge is -2.01. The molecule has 1 aliphatic rings. The SMILES string of the molecule is Cc1cc(C)cc(-c2nnc(S[C@@H]3CCOC3=O)o2)c1. The molecule has 0 aliphatic carbocycles. The third kappa shape index (κ3) is 2.70. The summed E-state index contributed by atoms with van der Waals surface area (Å²) in [7, 11) is 0. The predicted molar refractivity (Wildman–Crippen MR) is 74.4 cm³/mol. The minimum atomic E-state index is -0.234. The van der Waals surface area contributed by atoms with Gasteiger partial charge >= 0.3 is 5.97 Å². The molecule has 5 nitrogen and oxygen atoms in total. The molecule has 104 valence electrons. The fourth-order valence-electron chi connectivity index (χ4n) is 2.18. The quantitative estimate of drug-likeness (QED) is 0.810. The van der Waals surface area contributed by atoms with Crippen molar-refractivity contribution in [2.75, 3.05) is 6.61 Å². The van der Waals surface area contributed by atoms with Crippen LogP contribution >= 0.6 is 11.8 Å². The van der Waals surface area contributed by atoms with Crippen LogP contribution < -0.4 is 0 Å². The molecule has 0 amide bonds. The number of cyclic esters (lactones) is 1. The minimum Gasteiger partial charge on any atom is -0.465 e. The second-order valence-corrected chi connectivity index (χ2v) is 5.97. The molecule has 20 heavy (non-hydrogen) atoms. The zero-order valence-corrected chi connectivity index (χ0v) is 12.1. The van der Waals surface area contributed by atoms with Crippen LogP contribution in [0.5, 0.6) is 0 Å². The van der Waals surface area contributed by atoms with Crippen molar-refractivity contribution in [3.8, 4) is 11.5 Å². The molecule has 1 aliphatic heterocycles. The van der Waals surface area contributed by atoms with Crippen LogP contribution in [0.25, 0.3) is 11.5 Å². The number of carbonyl (C=O) groups excluding carboxylic acids is 1. The molecule has 1 aromatic heterocycles. The van der Waals surface area contributed by atoms with Gasteiger partial charge in [0.2, 0.25) is 5.89 Å². The highest BCUT2D eigenvalue weighted by Crippen LogP contribution is 2.30. The molecular weight excluding hydrogens is 276 g/mol. The Morgan fingerprint density at radius 2 is 1.95 bits per heavy atom. The number of rotatable bonds is 3. The molecule has 1 atom stereocenters. The Bertz CT molecular complexity index is 633. The molecule has 2 aromatic rings. The summed E-state index contributed by atoms with van der Waals surface area (Å²) in [6.45, 7) is 4.52. The van der Waals surface area contributed by atoms with Crippen molar-refractivity contribution in [2.24, 2.45) is 0 Å². The molecule has 0 radical (unpaired) electrons. The number of carbonyl (C=O) groups is 1. The van der Waals surface area contributed by atoms with E-state index in [1.807, 2.05) is 26.0 Å². The van der Waals surface area contributed by atoms with Gasteiger partial charge in [0.05, 0.1) is 6.61 Å². The van der Waals surface area contributed by atoms with Gasteiger partial charge in [-0.05, 0) is 37.7 Å².